The maximum absolute atomic E-state index is 13.7. The Balaban J connectivity index is 1.72. The first kappa shape index (κ1) is 28.5. The van der Waals surface area contributed by atoms with Crippen molar-refractivity contribution in [3.8, 4) is 16.9 Å². The number of ether oxygens (including phenoxy) is 1. The number of aromatic nitrogens is 2. The van der Waals surface area contributed by atoms with Gasteiger partial charge < -0.3 is 15.2 Å². The van der Waals surface area contributed by atoms with Crippen molar-refractivity contribution in [3.63, 3.8) is 0 Å². The number of aryl methyl sites for hydroxylation is 1. The van der Waals surface area contributed by atoms with Crippen LogP contribution in [-0.4, -0.2) is 32.1 Å². The van der Waals surface area contributed by atoms with E-state index in [0.29, 0.717) is 23.3 Å². The van der Waals surface area contributed by atoms with Gasteiger partial charge >= 0.3 is 5.97 Å². The lowest BCUT2D eigenvalue weighted by atomic mass is 9.98. The van der Waals surface area contributed by atoms with Crippen LogP contribution in [-0.2, 0) is 22.5 Å². The van der Waals surface area contributed by atoms with Crippen LogP contribution in [0.3, 0.4) is 0 Å². The summed E-state index contributed by atoms with van der Waals surface area (Å²) in [5.41, 5.74) is 2.50. The molecule has 0 atom stereocenters. The molecule has 1 aromatic heterocycles. The van der Waals surface area contributed by atoms with Crippen molar-refractivity contribution in [1.29, 1.82) is 0 Å². The van der Waals surface area contributed by atoms with Crippen LogP contribution in [0.15, 0.2) is 65.5 Å². The van der Waals surface area contributed by atoms with Crippen LogP contribution < -0.4 is 10.9 Å². The summed E-state index contributed by atoms with van der Waals surface area (Å²) in [4.78, 5) is 42.8. The molecule has 208 valence electrons. The second kappa shape index (κ2) is 11.7. The van der Waals surface area contributed by atoms with Gasteiger partial charge in [-0.05, 0) is 62.1 Å². The number of aromatic hydroxyl groups is 1. The van der Waals surface area contributed by atoms with E-state index >= 15 is 0 Å². The summed E-state index contributed by atoms with van der Waals surface area (Å²) in [5, 5.41) is 13.5. The Bertz CT molecular complexity index is 1620. The number of hydrogen-bond acceptors (Lipinski definition) is 6. The molecule has 0 radical (unpaired) electrons. The van der Waals surface area contributed by atoms with Gasteiger partial charge in [-0.2, -0.15) is 0 Å². The van der Waals surface area contributed by atoms with E-state index < -0.39 is 5.60 Å². The highest BCUT2D eigenvalue weighted by molar-refractivity contribution is 5.98. The molecule has 1 amide bonds. The fourth-order valence-corrected chi connectivity index (χ4v) is 4.53. The van der Waals surface area contributed by atoms with Crippen LogP contribution in [0.2, 0.25) is 0 Å². The smallest absolute Gasteiger partial charge is 0.339 e. The summed E-state index contributed by atoms with van der Waals surface area (Å²) in [6, 6.07) is 18.1. The molecule has 0 fully saturated rings. The Hall–Kier alpha value is -4.46. The Labute approximate surface area is 233 Å². The van der Waals surface area contributed by atoms with E-state index in [9.17, 15) is 19.5 Å². The highest BCUT2D eigenvalue weighted by Crippen LogP contribution is 2.30. The lowest BCUT2D eigenvalue weighted by molar-refractivity contribution is -0.114. The molecule has 4 rings (SSSR count). The maximum atomic E-state index is 13.7. The van der Waals surface area contributed by atoms with Crippen molar-refractivity contribution < 1.29 is 19.4 Å². The lowest BCUT2D eigenvalue weighted by Gasteiger charge is -2.20. The average molecular weight is 542 g/mol. The predicted molar refractivity (Wildman–Crippen MR) is 157 cm³/mol. The first-order valence-electron chi connectivity index (χ1n) is 13.4. The minimum Gasteiger partial charge on any atom is -0.505 e. The van der Waals surface area contributed by atoms with Crippen molar-refractivity contribution in [3.05, 3.63) is 88.0 Å². The molecule has 4 aromatic rings. The molecule has 0 aliphatic heterocycles. The van der Waals surface area contributed by atoms with Gasteiger partial charge in [0.25, 0.3) is 5.56 Å². The molecule has 8 heteroatoms. The van der Waals surface area contributed by atoms with Crippen LogP contribution in [0.5, 0.6) is 5.75 Å². The standard InChI is InChI=1S/C32H35N3O5/c1-6-7-12-27-34-25-17-18-26(33-20(2)36)29(37)28(25)30(38)35(27)19-21-13-15-22(16-14-21)23-10-8-9-11-24(23)31(39)40-32(3,4)5/h8-11,13-18,37H,6-7,12,19H2,1-5H3,(H,33,36). The molecule has 0 spiro atoms. The number of anilines is 1. The Morgan fingerprint density at radius 3 is 2.38 bits per heavy atom. The van der Waals surface area contributed by atoms with Crippen LogP contribution in [0.25, 0.3) is 22.0 Å². The summed E-state index contributed by atoms with van der Waals surface area (Å²) in [6.07, 6.45) is 2.40. The number of esters is 1. The molecule has 0 unspecified atom stereocenters. The van der Waals surface area contributed by atoms with Crippen LogP contribution in [0.1, 0.15) is 69.2 Å². The van der Waals surface area contributed by atoms with Gasteiger partial charge in [0.1, 0.15) is 16.8 Å². The second-order valence-corrected chi connectivity index (χ2v) is 10.8. The number of fused-ring (bicyclic) bond motifs is 1. The fraction of sp³-hybridized carbons (Fsp3) is 0.312. The van der Waals surface area contributed by atoms with Crippen molar-refractivity contribution >= 4 is 28.5 Å². The molecule has 8 nitrogen and oxygen atoms in total. The largest absolute Gasteiger partial charge is 0.505 e. The van der Waals surface area contributed by atoms with Gasteiger partial charge in [0.05, 0.1) is 23.3 Å². The molecule has 40 heavy (non-hydrogen) atoms. The van der Waals surface area contributed by atoms with Crippen molar-refractivity contribution in [2.75, 3.05) is 5.32 Å². The number of benzene rings is 3. The van der Waals surface area contributed by atoms with E-state index in [-0.39, 0.29) is 40.8 Å². The van der Waals surface area contributed by atoms with E-state index in [1.165, 1.54) is 6.92 Å². The first-order valence-corrected chi connectivity index (χ1v) is 13.4. The van der Waals surface area contributed by atoms with Gasteiger partial charge in [0, 0.05) is 13.3 Å². The van der Waals surface area contributed by atoms with E-state index in [0.717, 1.165) is 29.5 Å². The molecule has 0 saturated heterocycles. The number of hydrogen-bond donors (Lipinski definition) is 2. The Morgan fingerprint density at radius 1 is 1.02 bits per heavy atom. The molecule has 0 saturated carbocycles. The normalized spacial score (nSPS) is 11.4. The number of unbranched alkanes of at least 4 members (excludes halogenated alkanes) is 1. The highest BCUT2D eigenvalue weighted by atomic mass is 16.6. The summed E-state index contributed by atoms with van der Waals surface area (Å²) >= 11 is 0. The molecule has 0 aliphatic rings. The van der Waals surface area contributed by atoms with Crippen LogP contribution in [0.4, 0.5) is 5.69 Å². The van der Waals surface area contributed by atoms with Gasteiger partial charge in [-0.15, -0.1) is 0 Å². The third kappa shape index (κ3) is 6.39. The quantitative estimate of drug-likeness (QED) is 0.207. The summed E-state index contributed by atoms with van der Waals surface area (Å²) < 4.78 is 7.18. The number of nitrogens with zero attached hydrogens (tertiary/aromatic N) is 2. The number of phenolic OH excluding ortho intramolecular Hbond substituents is 1. The SMILES string of the molecule is CCCCc1nc2ccc(NC(C)=O)c(O)c2c(=O)n1Cc1ccc(-c2ccccc2C(=O)OC(C)(C)C)cc1. The first-order chi connectivity index (χ1) is 19.0. The zero-order chi connectivity index (χ0) is 29.0. The zero-order valence-electron chi connectivity index (χ0n) is 23.6. The predicted octanol–water partition coefficient (Wildman–Crippen LogP) is 6.07. The second-order valence-electron chi connectivity index (χ2n) is 10.8. The Morgan fingerprint density at radius 2 is 1.73 bits per heavy atom. The summed E-state index contributed by atoms with van der Waals surface area (Å²) in [5.74, 6) is -0.406. The Kier molecular flexibility index (Phi) is 8.38. The van der Waals surface area contributed by atoms with Gasteiger partial charge in [0.2, 0.25) is 5.91 Å². The van der Waals surface area contributed by atoms with E-state index in [1.807, 2.05) is 57.2 Å². The topological polar surface area (TPSA) is 111 Å². The maximum Gasteiger partial charge on any atom is 0.339 e. The third-order valence-corrected chi connectivity index (χ3v) is 6.39. The molecule has 2 N–H and O–H groups in total. The number of phenols is 1. The van der Waals surface area contributed by atoms with Crippen LogP contribution in [0, 0.1) is 0 Å². The van der Waals surface area contributed by atoms with Crippen molar-refractivity contribution in [2.45, 2.75) is 66.0 Å². The molecular weight excluding hydrogens is 506 g/mol. The highest BCUT2D eigenvalue weighted by Gasteiger charge is 2.21. The van der Waals surface area contributed by atoms with Crippen LogP contribution >= 0.6 is 0 Å². The monoisotopic (exact) mass is 541 g/mol. The summed E-state index contributed by atoms with van der Waals surface area (Å²) in [7, 11) is 0. The van der Waals surface area contributed by atoms with Gasteiger partial charge in [-0.25, -0.2) is 9.78 Å². The van der Waals surface area contributed by atoms with E-state index in [2.05, 4.69) is 12.2 Å². The molecular formula is C32H35N3O5. The third-order valence-electron chi connectivity index (χ3n) is 6.39. The van der Waals surface area contributed by atoms with Gasteiger partial charge in [0.15, 0.2) is 5.75 Å². The molecule has 0 aliphatic carbocycles. The average Bonchev–Trinajstić information content (AvgIpc) is 2.90. The zero-order valence-corrected chi connectivity index (χ0v) is 23.6. The molecule has 3 aromatic carbocycles. The van der Waals surface area contributed by atoms with Gasteiger partial charge in [-0.3, -0.25) is 14.2 Å². The van der Waals surface area contributed by atoms with Crippen molar-refractivity contribution in [2.24, 2.45) is 0 Å². The van der Waals surface area contributed by atoms with Gasteiger partial charge in [-0.1, -0.05) is 55.8 Å². The number of carbonyl (C=O) groups is 2. The summed E-state index contributed by atoms with van der Waals surface area (Å²) in [6.45, 7) is 9.16. The molecule has 1 heterocycles. The minimum atomic E-state index is -0.609. The van der Waals surface area contributed by atoms with E-state index in [4.69, 9.17) is 9.72 Å². The molecule has 0 bridgehead atoms. The fourth-order valence-electron chi connectivity index (χ4n) is 4.53. The lowest BCUT2D eigenvalue weighted by Crippen LogP contribution is -2.26. The van der Waals surface area contributed by atoms with Crippen molar-refractivity contribution in [1.82, 2.24) is 9.55 Å². The number of rotatable bonds is 8. The number of amides is 1. The van der Waals surface area contributed by atoms with E-state index in [1.54, 1.807) is 28.8 Å². The number of nitrogens with one attached hydrogen (secondary N) is 1. The minimum absolute atomic E-state index is 0.0643. The number of carbonyl (C=O) groups excluding carboxylic acids is 2.